The van der Waals surface area contributed by atoms with Gasteiger partial charge in [0.15, 0.2) is 0 Å². The highest BCUT2D eigenvalue weighted by atomic mass is 16.6. The SMILES string of the molecule is O=[N+]([O-])c1ccc(CNC2CCCC2C2CCCN2)cc1. The molecule has 114 valence electrons. The van der Waals surface area contributed by atoms with E-state index in [0.29, 0.717) is 12.1 Å². The number of nitrogens with one attached hydrogen (secondary N) is 2. The summed E-state index contributed by atoms with van der Waals surface area (Å²) in [5.41, 5.74) is 1.28. The molecule has 3 rings (SSSR count). The van der Waals surface area contributed by atoms with Crippen molar-refractivity contribution in [3.05, 3.63) is 39.9 Å². The maximum absolute atomic E-state index is 10.7. The van der Waals surface area contributed by atoms with Gasteiger partial charge in [0.2, 0.25) is 0 Å². The van der Waals surface area contributed by atoms with Crippen LogP contribution in [0.4, 0.5) is 5.69 Å². The third-order valence-corrected chi connectivity index (χ3v) is 4.90. The first-order valence-corrected chi connectivity index (χ1v) is 7.94. The molecule has 5 nitrogen and oxygen atoms in total. The Hall–Kier alpha value is -1.46. The highest BCUT2D eigenvalue weighted by molar-refractivity contribution is 5.32. The summed E-state index contributed by atoms with van der Waals surface area (Å²) >= 11 is 0. The topological polar surface area (TPSA) is 67.2 Å². The summed E-state index contributed by atoms with van der Waals surface area (Å²) in [6, 6.07) is 8.13. The highest BCUT2D eigenvalue weighted by Gasteiger charge is 2.34. The maximum Gasteiger partial charge on any atom is 0.269 e. The summed E-state index contributed by atoms with van der Waals surface area (Å²) in [7, 11) is 0. The molecule has 1 aromatic carbocycles. The summed E-state index contributed by atoms with van der Waals surface area (Å²) in [5, 5.41) is 17.9. The van der Waals surface area contributed by atoms with Gasteiger partial charge < -0.3 is 10.6 Å². The Kier molecular flexibility index (Phi) is 4.51. The molecule has 1 saturated heterocycles. The van der Waals surface area contributed by atoms with Gasteiger partial charge in [-0.2, -0.15) is 0 Å². The minimum atomic E-state index is -0.351. The fourth-order valence-electron chi connectivity index (χ4n) is 3.79. The number of nitro benzene ring substituents is 1. The summed E-state index contributed by atoms with van der Waals surface area (Å²) in [4.78, 5) is 10.3. The van der Waals surface area contributed by atoms with Gasteiger partial charge in [-0.05, 0) is 43.7 Å². The molecule has 3 atom stereocenters. The van der Waals surface area contributed by atoms with Crippen LogP contribution in [0.2, 0.25) is 0 Å². The molecule has 1 aliphatic carbocycles. The molecular formula is C16H23N3O2. The summed E-state index contributed by atoms with van der Waals surface area (Å²) in [6.07, 6.45) is 6.48. The molecule has 0 radical (unpaired) electrons. The second-order valence-corrected chi connectivity index (χ2v) is 6.21. The molecule has 2 fully saturated rings. The van der Waals surface area contributed by atoms with E-state index in [-0.39, 0.29) is 10.6 Å². The first-order chi connectivity index (χ1) is 10.2. The Morgan fingerprint density at radius 1 is 1.19 bits per heavy atom. The van der Waals surface area contributed by atoms with E-state index in [1.807, 2.05) is 12.1 Å². The molecule has 1 saturated carbocycles. The standard InChI is InChI=1S/C16H23N3O2/c20-19(21)13-8-6-12(7-9-13)11-18-16-4-1-3-14(16)15-5-2-10-17-15/h6-9,14-18H,1-5,10-11H2. The smallest absolute Gasteiger partial charge is 0.269 e. The summed E-state index contributed by atoms with van der Waals surface area (Å²) in [5.74, 6) is 0.741. The second kappa shape index (κ2) is 6.54. The van der Waals surface area contributed by atoms with Gasteiger partial charge in [-0.3, -0.25) is 10.1 Å². The Morgan fingerprint density at radius 3 is 2.67 bits per heavy atom. The Balaban J connectivity index is 1.55. The van der Waals surface area contributed by atoms with Crippen molar-refractivity contribution in [1.82, 2.24) is 10.6 Å². The van der Waals surface area contributed by atoms with Gasteiger partial charge >= 0.3 is 0 Å². The summed E-state index contributed by atoms with van der Waals surface area (Å²) in [6.45, 7) is 1.96. The van der Waals surface area contributed by atoms with Crippen molar-refractivity contribution in [3.8, 4) is 0 Å². The van der Waals surface area contributed by atoms with E-state index in [2.05, 4.69) is 10.6 Å². The number of non-ortho nitro benzene ring substituents is 1. The second-order valence-electron chi connectivity index (χ2n) is 6.21. The molecule has 2 aliphatic rings. The number of rotatable bonds is 5. The molecule has 1 aromatic rings. The van der Waals surface area contributed by atoms with Crippen LogP contribution < -0.4 is 10.6 Å². The van der Waals surface area contributed by atoms with Crippen LogP contribution in [0.3, 0.4) is 0 Å². The molecule has 1 heterocycles. The van der Waals surface area contributed by atoms with Gasteiger partial charge in [0.25, 0.3) is 5.69 Å². The first-order valence-electron chi connectivity index (χ1n) is 7.94. The lowest BCUT2D eigenvalue weighted by Gasteiger charge is -2.26. The normalized spacial score (nSPS) is 28.9. The zero-order valence-electron chi connectivity index (χ0n) is 12.3. The number of hydrogen-bond donors (Lipinski definition) is 2. The van der Waals surface area contributed by atoms with E-state index in [0.717, 1.165) is 24.6 Å². The van der Waals surface area contributed by atoms with Gasteiger partial charge in [0, 0.05) is 30.8 Å². The molecule has 3 unspecified atom stereocenters. The van der Waals surface area contributed by atoms with E-state index in [1.54, 1.807) is 12.1 Å². The Labute approximate surface area is 125 Å². The van der Waals surface area contributed by atoms with Gasteiger partial charge in [0.05, 0.1) is 4.92 Å². The average molecular weight is 289 g/mol. The van der Waals surface area contributed by atoms with E-state index in [4.69, 9.17) is 0 Å². The quantitative estimate of drug-likeness (QED) is 0.646. The van der Waals surface area contributed by atoms with E-state index < -0.39 is 0 Å². The van der Waals surface area contributed by atoms with Crippen molar-refractivity contribution < 1.29 is 4.92 Å². The minimum Gasteiger partial charge on any atom is -0.314 e. The van der Waals surface area contributed by atoms with Crippen molar-refractivity contribution >= 4 is 5.69 Å². The Morgan fingerprint density at radius 2 is 2.00 bits per heavy atom. The van der Waals surface area contributed by atoms with Crippen LogP contribution >= 0.6 is 0 Å². The van der Waals surface area contributed by atoms with Crippen molar-refractivity contribution in [2.24, 2.45) is 5.92 Å². The zero-order chi connectivity index (χ0) is 14.7. The van der Waals surface area contributed by atoms with Gasteiger partial charge in [-0.1, -0.05) is 18.6 Å². The number of nitro groups is 1. The molecule has 0 amide bonds. The fraction of sp³-hybridized carbons (Fsp3) is 0.625. The molecule has 2 N–H and O–H groups in total. The molecule has 0 aromatic heterocycles. The van der Waals surface area contributed by atoms with E-state index in [9.17, 15) is 10.1 Å². The monoisotopic (exact) mass is 289 g/mol. The molecule has 5 heteroatoms. The minimum absolute atomic E-state index is 0.160. The van der Waals surface area contributed by atoms with Gasteiger partial charge in [0.1, 0.15) is 0 Å². The predicted octanol–water partition coefficient (Wildman–Crippen LogP) is 2.61. The largest absolute Gasteiger partial charge is 0.314 e. The lowest BCUT2D eigenvalue weighted by atomic mass is 9.93. The van der Waals surface area contributed by atoms with Crippen molar-refractivity contribution in [2.45, 2.75) is 50.7 Å². The maximum atomic E-state index is 10.7. The summed E-state index contributed by atoms with van der Waals surface area (Å²) < 4.78 is 0. The van der Waals surface area contributed by atoms with Crippen LogP contribution in [-0.4, -0.2) is 23.6 Å². The van der Waals surface area contributed by atoms with Gasteiger partial charge in [-0.25, -0.2) is 0 Å². The van der Waals surface area contributed by atoms with Crippen LogP contribution in [0.1, 0.15) is 37.7 Å². The lowest BCUT2D eigenvalue weighted by molar-refractivity contribution is -0.384. The van der Waals surface area contributed by atoms with Crippen LogP contribution in [0.25, 0.3) is 0 Å². The number of benzene rings is 1. The van der Waals surface area contributed by atoms with Crippen LogP contribution in [-0.2, 0) is 6.54 Å². The third kappa shape index (κ3) is 3.41. The molecular weight excluding hydrogens is 266 g/mol. The van der Waals surface area contributed by atoms with Crippen LogP contribution in [0.5, 0.6) is 0 Å². The fourth-order valence-corrected chi connectivity index (χ4v) is 3.79. The van der Waals surface area contributed by atoms with Gasteiger partial charge in [-0.15, -0.1) is 0 Å². The predicted molar refractivity (Wildman–Crippen MR) is 82.1 cm³/mol. The van der Waals surface area contributed by atoms with Crippen LogP contribution in [0, 0.1) is 16.0 Å². The van der Waals surface area contributed by atoms with Crippen LogP contribution in [0.15, 0.2) is 24.3 Å². The molecule has 0 bridgehead atoms. The van der Waals surface area contributed by atoms with E-state index >= 15 is 0 Å². The number of hydrogen-bond acceptors (Lipinski definition) is 4. The van der Waals surface area contributed by atoms with Crippen molar-refractivity contribution in [2.75, 3.05) is 6.54 Å². The first kappa shape index (κ1) is 14.5. The lowest BCUT2D eigenvalue weighted by Crippen LogP contribution is -2.41. The zero-order valence-corrected chi connectivity index (χ0v) is 12.3. The third-order valence-electron chi connectivity index (χ3n) is 4.90. The van der Waals surface area contributed by atoms with Crippen molar-refractivity contribution in [3.63, 3.8) is 0 Å². The number of nitrogens with zero attached hydrogens (tertiary/aromatic N) is 1. The highest BCUT2D eigenvalue weighted by Crippen LogP contribution is 2.32. The molecule has 1 aliphatic heterocycles. The van der Waals surface area contributed by atoms with Crippen molar-refractivity contribution in [1.29, 1.82) is 0 Å². The molecule has 21 heavy (non-hydrogen) atoms. The van der Waals surface area contributed by atoms with E-state index in [1.165, 1.54) is 32.1 Å². The Bertz CT molecular complexity index is 483. The average Bonchev–Trinajstić information content (AvgIpc) is 3.16. The molecule has 0 spiro atoms.